The summed E-state index contributed by atoms with van der Waals surface area (Å²) in [5, 5.41) is 0.879. The van der Waals surface area contributed by atoms with Gasteiger partial charge in [-0.2, -0.15) is 9.36 Å². The Kier molecular flexibility index (Phi) is 2.75. The van der Waals surface area contributed by atoms with E-state index in [0.717, 1.165) is 11.6 Å². The fourth-order valence-electron chi connectivity index (χ4n) is 0.859. The summed E-state index contributed by atoms with van der Waals surface area (Å²) in [6, 6.07) is 0. The summed E-state index contributed by atoms with van der Waals surface area (Å²) >= 11 is 1.34. The van der Waals surface area contributed by atoms with Crippen molar-refractivity contribution in [3.63, 3.8) is 0 Å². The SMILES string of the molecule is CCC(C)(C)N(C)c1nc(N)ns1. The Morgan fingerprint density at radius 1 is 1.54 bits per heavy atom. The molecular formula is C8H16N4S. The molecule has 1 rings (SSSR count). The molecule has 74 valence electrons. The van der Waals surface area contributed by atoms with E-state index in [-0.39, 0.29) is 5.54 Å². The van der Waals surface area contributed by atoms with Gasteiger partial charge in [-0.15, -0.1) is 0 Å². The summed E-state index contributed by atoms with van der Waals surface area (Å²) in [6.07, 6.45) is 1.06. The second-order valence-corrected chi connectivity index (χ2v) is 4.39. The van der Waals surface area contributed by atoms with Crippen molar-refractivity contribution < 1.29 is 0 Å². The van der Waals surface area contributed by atoms with Gasteiger partial charge in [0, 0.05) is 24.1 Å². The van der Waals surface area contributed by atoms with E-state index in [0.29, 0.717) is 5.95 Å². The fraction of sp³-hybridized carbons (Fsp3) is 0.750. The molecule has 1 aromatic heterocycles. The minimum absolute atomic E-state index is 0.103. The third-order valence-electron chi connectivity index (χ3n) is 2.49. The molecule has 0 bridgehead atoms. The van der Waals surface area contributed by atoms with E-state index >= 15 is 0 Å². The van der Waals surface area contributed by atoms with E-state index in [2.05, 4.69) is 35.0 Å². The van der Waals surface area contributed by atoms with Gasteiger partial charge in [-0.05, 0) is 20.3 Å². The van der Waals surface area contributed by atoms with Gasteiger partial charge in [0.05, 0.1) is 0 Å². The Hall–Kier alpha value is -0.840. The van der Waals surface area contributed by atoms with Crippen molar-refractivity contribution in [3.8, 4) is 0 Å². The number of anilines is 2. The standard InChI is InChI=1S/C8H16N4S/c1-5-8(2,3)12(4)7-10-6(9)11-13-7/h5H2,1-4H3,(H2,9,11). The van der Waals surface area contributed by atoms with Crippen LogP contribution < -0.4 is 10.6 Å². The fourth-order valence-corrected chi connectivity index (χ4v) is 1.58. The highest BCUT2D eigenvalue weighted by atomic mass is 32.1. The van der Waals surface area contributed by atoms with Gasteiger partial charge in [0.25, 0.3) is 0 Å². The molecular weight excluding hydrogens is 184 g/mol. The smallest absolute Gasteiger partial charge is 0.233 e. The molecule has 4 nitrogen and oxygen atoms in total. The van der Waals surface area contributed by atoms with E-state index in [9.17, 15) is 0 Å². The summed E-state index contributed by atoms with van der Waals surface area (Å²) in [5.74, 6) is 0.360. The predicted molar refractivity (Wildman–Crippen MR) is 57.1 cm³/mol. The van der Waals surface area contributed by atoms with Gasteiger partial charge in [-0.1, -0.05) is 6.92 Å². The van der Waals surface area contributed by atoms with Crippen molar-refractivity contribution >= 4 is 22.6 Å². The van der Waals surface area contributed by atoms with Gasteiger partial charge in [0.15, 0.2) is 0 Å². The summed E-state index contributed by atoms with van der Waals surface area (Å²) in [7, 11) is 2.02. The Labute approximate surface area is 82.9 Å². The maximum atomic E-state index is 5.46. The largest absolute Gasteiger partial charge is 0.367 e. The van der Waals surface area contributed by atoms with Gasteiger partial charge in [0.1, 0.15) is 0 Å². The molecule has 0 radical (unpaired) electrons. The maximum absolute atomic E-state index is 5.46. The molecule has 13 heavy (non-hydrogen) atoms. The van der Waals surface area contributed by atoms with Crippen molar-refractivity contribution in [2.75, 3.05) is 17.7 Å². The predicted octanol–water partition coefficient (Wildman–Crippen LogP) is 1.75. The molecule has 1 heterocycles. The van der Waals surface area contributed by atoms with Crippen LogP contribution in [0, 0.1) is 0 Å². The third-order valence-corrected chi connectivity index (χ3v) is 3.30. The van der Waals surface area contributed by atoms with Crippen LogP contribution in [0.1, 0.15) is 27.2 Å². The van der Waals surface area contributed by atoms with Crippen LogP contribution in [0.15, 0.2) is 0 Å². The minimum atomic E-state index is 0.103. The summed E-state index contributed by atoms with van der Waals surface area (Å²) in [5.41, 5.74) is 5.57. The highest BCUT2D eigenvalue weighted by Gasteiger charge is 2.23. The molecule has 0 unspecified atom stereocenters. The van der Waals surface area contributed by atoms with E-state index < -0.39 is 0 Å². The lowest BCUT2D eigenvalue weighted by Gasteiger charge is -2.34. The zero-order valence-electron chi connectivity index (χ0n) is 8.53. The van der Waals surface area contributed by atoms with Crippen molar-refractivity contribution in [2.45, 2.75) is 32.7 Å². The minimum Gasteiger partial charge on any atom is -0.367 e. The van der Waals surface area contributed by atoms with Crippen molar-refractivity contribution in [2.24, 2.45) is 0 Å². The molecule has 0 saturated heterocycles. The van der Waals surface area contributed by atoms with Crippen LogP contribution in [0.3, 0.4) is 0 Å². The maximum Gasteiger partial charge on any atom is 0.233 e. The molecule has 0 aliphatic carbocycles. The van der Waals surface area contributed by atoms with Crippen molar-refractivity contribution in [1.29, 1.82) is 0 Å². The average molecular weight is 200 g/mol. The molecule has 1 aromatic rings. The number of hydrogen-bond acceptors (Lipinski definition) is 5. The Morgan fingerprint density at radius 3 is 2.54 bits per heavy atom. The molecule has 0 fully saturated rings. The topological polar surface area (TPSA) is 55.0 Å². The number of hydrogen-bond donors (Lipinski definition) is 1. The molecule has 0 aliphatic heterocycles. The summed E-state index contributed by atoms with van der Waals surface area (Å²) < 4.78 is 3.95. The van der Waals surface area contributed by atoms with E-state index in [4.69, 9.17) is 5.73 Å². The van der Waals surface area contributed by atoms with Gasteiger partial charge in [-0.3, -0.25) is 0 Å². The molecule has 0 aromatic carbocycles. The quantitative estimate of drug-likeness (QED) is 0.807. The number of nitrogens with zero attached hydrogens (tertiary/aromatic N) is 3. The summed E-state index contributed by atoms with van der Waals surface area (Å²) in [6.45, 7) is 6.50. The van der Waals surface area contributed by atoms with Gasteiger partial charge < -0.3 is 10.6 Å². The molecule has 0 amide bonds. The Bertz CT molecular complexity index is 281. The van der Waals surface area contributed by atoms with Crippen LogP contribution in [0.2, 0.25) is 0 Å². The first-order chi connectivity index (χ1) is 5.97. The highest BCUT2D eigenvalue weighted by molar-refractivity contribution is 7.09. The van der Waals surface area contributed by atoms with Gasteiger partial charge in [-0.25, -0.2) is 0 Å². The number of nitrogen functional groups attached to an aromatic ring is 1. The van der Waals surface area contributed by atoms with Crippen LogP contribution >= 0.6 is 11.5 Å². The first kappa shape index (κ1) is 10.2. The lowest BCUT2D eigenvalue weighted by Crippen LogP contribution is -2.40. The highest BCUT2D eigenvalue weighted by Crippen LogP contribution is 2.26. The first-order valence-electron chi connectivity index (χ1n) is 4.30. The summed E-state index contributed by atoms with van der Waals surface area (Å²) in [4.78, 5) is 6.25. The first-order valence-corrected chi connectivity index (χ1v) is 5.07. The molecule has 2 N–H and O–H groups in total. The zero-order valence-corrected chi connectivity index (χ0v) is 9.35. The van der Waals surface area contributed by atoms with E-state index in [1.54, 1.807) is 0 Å². The van der Waals surface area contributed by atoms with Gasteiger partial charge >= 0.3 is 0 Å². The number of nitrogens with two attached hydrogens (primary N) is 1. The Morgan fingerprint density at radius 2 is 2.15 bits per heavy atom. The molecule has 0 aliphatic rings. The normalized spacial score (nSPS) is 11.7. The van der Waals surface area contributed by atoms with Gasteiger partial charge in [0.2, 0.25) is 11.1 Å². The molecule has 0 atom stereocenters. The number of aromatic nitrogens is 2. The van der Waals surface area contributed by atoms with Crippen LogP contribution in [0.4, 0.5) is 11.1 Å². The third kappa shape index (κ3) is 2.09. The zero-order chi connectivity index (χ0) is 10.1. The van der Waals surface area contributed by atoms with Crippen LogP contribution in [0.25, 0.3) is 0 Å². The average Bonchev–Trinajstić information content (AvgIpc) is 2.50. The van der Waals surface area contributed by atoms with Crippen molar-refractivity contribution in [3.05, 3.63) is 0 Å². The lowest BCUT2D eigenvalue weighted by molar-refractivity contribution is 0.470. The van der Waals surface area contributed by atoms with Crippen molar-refractivity contribution in [1.82, 2.24) is 9.36 Å². The van der Waals surface area contributed by atoms with E-state index in [1.807, 2.05) is 7.05 Å². The number of rotatable bonds is 3. The van der Waals surface area contributed by atoms with Crippen LogP contribution in [-0.4, -0.2) is 21.9 Å². The lowest BCUT2D eigenvalue weighted by atomic mass is 10.0. The molecule has 0 spiro atoms. The monoisotopic (exact) mass is 200 g/mol. The van der Waals surface area contributed by atoms with Crippen LogP contribution in [-0.2, 0) is 0 Å². The molecule has 5 heteroatoms. The van der Waals surface area contributed by atoms with Crippen LogP contribution in [0.5, 0.6) is 0 Å². The molecule has 0 saturated carbocycles. The Balaban J connectivity index is 2.84. The van der Waals surface area contributed by atoms with E-state index in [1.165, 1.54) is 11.5 Å². The second kappa shape index (κ2) is 3.49. The second-order valence-electron chi connectivity index (χ2n) is 3.66.